The van der Waals surface area contributed by atoms with Crippen LogP contribution in [0, 0.1) is 0 Å². The van der Waals surface area contributed by atoms with Gasteiger partial charge in [-0.2, -0.15) is 0 Å². The molecule has 0 saturated carbocycles. The first kappa shape index (κ1) is 11.0. The maximum atomic E-state index is 5.54. The van der Waals surface area contributed by atoms with Gasteiger partial charge in [-0.05, 0) is 27.7 Å². The molecular formula is C10H20O3. The lowest BCUT2D eigenvalue weighted by Gasteiger charge is -2.18. The van der Waals surface area contributed by atoms with Gasteiger partial charge >= 0.3 is 0 Å². The first-order chi connectivity index (χ1) is 6.08. The molecule has 0 aliphatic carbocycles. The lowest BCUT2D eigenvalue weighted by molar-refractivity contribution is -0.224. The summed E-state index contributed by atoms with van der Waals surface area (Å²) in [5.41, 5.74) is 0. The maximum absolute atomic E-state index is 5.54. The molecule has 0 bridgehead atoms. The maximum Gasteiger partial charge on any atom is 0.161 e. The van der Waals surface area contributed by atoms with Crippen LogP contribution in [0.3, 0.4) is 0 Å². The zero-order valence-electron chi connectivity index (χ0n) is 8.95. The molecule has 1 heterocycles. The number of hydrogen-bond acceptors (Lipinski definition) is 3. The molecule has 1 fully saturated rings. The van der Waals surface area contributed by atoms with E-state index < -0.39 is 0 Å². The Labute approximate surface area is 80.4 Å². The molecule has 2 atom stereocenters. The standard InChI is InChI=1S/C10H20O3/c1-7(2)11-9-5-6-10(13-9)12-8(3)4/h7-10H,5-6H2,1-4H3. The normalized spacial score (nSPS) is 29.1. The van der Waals surface area contributed by atoms with Crippen LogP contribution in [0.5, 0.6) is 0 Å². The van der Waals surface area contributed by atoms with Crippen LogP contribution in [0.1, 0.15) is 40.5 Å². The van der Waals surface area contributed by atoms with Crippen molar-refractivity contribution in [1.82, 2.24) is 0 Å². The van der Waals surface area contributed by atoms with Gasteiger partial charge in [0, 0.05) is 12.8 Å². The van der Waals surface area contributed by atoms with E-state index in [2.05, 4.69) is 0 Å². The molecule has 2 unspecified atom stereocenters. The summed E-state index contributed by atoms with van der Waals surface area (Å²) >= 11 is 0. The second-order valence-corrected chi connectivity index (χ2v) is 3.94. The third-order valence-electron chi connectivity index (χ3n) is 1.79. The van der Waals surface area contributed by atoms with Crippen molar-refractivity contribution in [2.45, 2.75) is 65.3 Å². The summed E-state index contributed by atoms with van der Waals surface area (Å²) in [4.78, 5) is 0. The van der Waals surface area contributed by atoms with E-state index in [1.54, 1.807) is 0 Å². The van der Waals surface area contributed by atoms with Crippen molar-refractivity contribution in [1.29, 1.82) is 0 Å². The molecule has 3 nitrogen and oxygen atoms in total. The zero-order chi connectivity index (χ0) is 9.84. The quantitative estimate of drug-likeness (QED) is 0.677. The highest BCUT2D eigenvalue weighted by Crippen LogP contribution is 2.23. The fraction of sp³-hybridized carbons (Fsp3) is 1.00. The number of hydrogen-bond donors (Lipinski definition) is 0. The smallest absolute Gasteiger partial charge is 0.161 e. The van der Waals surface area contributed by atoms with Crippen LogP contribution in [0.15, 0.2) is 0 Å². The first-order valence-electron chi connectivity index (χ1n) is 5.04. The monoisotopic (exact) mass is 188 g/mol. The molecule has 0 aromatic heterocycles. The van der Waals surface area contributed by atoms with Crippen molar-refractivity contribution in [2.24, 2.45) is 0 Å². The van der Waals surface area contributed by atoms with Crippen molar-refractivity contribution < 1.29 is 14.2 Å². The van der Waals surface area contributed by atoms with Gasteiger partial charge in [0.25, 0.3) is 0 Å². The highest BCUT2D eigenvalue weighted by molar-refractivity contribution is 4.62. The van der Waals surface area contributed by atoms with Crippen LogP contribution in [0.4, 0.5) is 0 Å². The van der Waals surface area contributed by atoms with Gasteiger partial charge in [-0.15, -0.1) is 0 Å². The molecule has 13 heavy (non-hydrogen) atoms. The minimum atomic E-state index is -0.0660. The molecule has 1 aliphatic rings. The van der Waals surface area contributed by atoms with Gasteiger partial charge in [0.15, 0.2) is 12.6 Å². The fourth-order valence-corrected chi connectivity index (χ4v) is 1.38. The molecular weight excluding hydrogens is 168 g/mol. The second kappa shape index (κ2) is 4.94. The Morgan fingerprint density at radius 1 is 0.923 bits per heavy atom. The Hall–Kier alpha value is -0.120. The van der Waals surface area contributed by atoms with Gasteiger partial charge in [-0.3, -0.25) is 0 Å². The van der Waals surface area contributed by atoms with Gasteiger partial charge in [0.05, 0.1) is 12.2 Å². The third kappa shape index (κ3) is 4.07. The molecule has 1 rings (SSSR count). The molecule has 78 valence electrons. The molecule has 0 radical (unpaired) electrons. The fourth-order valence-electron chi connectivity index (χ4n) is 1.38. The molecule has 1 saturated heterocycles. The Morgan fingerprint density at radius 3 is 1.62 bits per heavy atom. The van der Waals surface area contributed by atoms with E-state index in [1.165, 1.54) is 0 Å². The third-order valence-corrected chi connectivity index (χ3v) is 1.79. The van der Waals surface area contributed by atoms with E-state index in [0.717, 1.165) is 12.8 Å². The molecule has 0 aromatic carbocycles. The average Bonchev–Trinajstić information content (AvgIpc) is 2.33. The van der Waals surface area contributed by atoms with Crippen LogP contribution in [0.2, 0.25) is 0 Å². The minimum absolute atomic E-state index is 0.0660. The van der Waals surface area contributed by atoms with E-state index in [4.69, 9.17) is 14.2 Å². The van der Waals surface area contributed by atoms with Crippen molar-refractivity contribution in [3.8, 4) is 0 Å². The van der Waals surface area contributed by atoms with Gasteiger partial charge in [-0.1, -0.05) is 0 Å². The van der Waals surface area contributed by atoms with Crippen molar-refractivity contribution >= 4 is 0 Å². The van der Waals surface area contributed by atoms with Crippen molar-refractivity contribution in [3.05, 3.63) is 0 Å². The average molecular weight is 188 g/mol. The van der Waals surface area contributed by atoms with E-state index in [1.807, 2.05) is 27.7 Å². The van der Waals surface area contributed by atoms with Crippen LogP contribution >= 0.6 is 0 Å². The van der Waals surface area contributed by atoms with E-state index in [-0.39, 0.29) is 24.8 Å². The summed E-state index contributed by atoms with van der Waals surface area (Å²) in [6, 6.07) is 0. The van der Waals surface area contributed by atoms with Gasteiger partial charge in [0.1, 0.15) is 0 Å². The molecule has 0 spiro atoms. The molecule has 3 heteroatoms. The summed E-state index contributed by atoms with van der Waals surface area (Å²) in [7, 11) is 0. The van der Waals surface area contributed by atoms with Crippen LogP contribution < -0.4 is 0 Å². The Morgan fingerprint density at radius 2 is 1.31 bits per heavy atom. The zero-order valence-corrected chi connectivity index (χ0v) is 8.95. The highest BCUT2D eigenvalue weighted by Gasteiger charge is 2.27. The summed E-state index contributed by atoms with van der Waals surface area (Å²) < 4.78 is 16.6. The van der Waals surface area contributed by atoms with Crippen LogP contribution in [-0.4, -0.2) is 24.8 Å². The largest absolute Gasteiger partial charge is 0.350 e. The Bertz CT molecular complexity index is 129. The molecule has 0 N–H and O–H groups in total. The molecule has 1 aliphatic heterocycles. The lowest BCUT2D eigenvalue weighted by Crippen LogP contribution is -2.21. The van der Waals surface area contributed by atoms with Crippen molar-refractivity contribution in [3.63, 3.8) is 0 Å². The molecule has 0 aromatic rings. The predicted octanol–water partition coefficient (Wildman–Crippen LogP) is 2.30. The first-order valence-corrected chi connectivity index (χ1v) is 5.04. The van der Waals surface area contributed by atoms with Crippen LogP contribution in [-0.2, 0) is 14.2 Å². The highest BCUT2D eigenvalue weighted by atomic mass is 16.8. The van der Waals surface area contributed by atoms with Crippen LogP contribution in [0.25, 0.3) is 0 Å². The van der Waals surface area contributed by atoms with Crippen molar-refractivity contribution in [2.75, 3.05) is 0 Å². The lowest BCUT2D eigenvalue weighted by atomic mass is 10.3. The summed E-state index contributed by atoms with van der Waals surface area (Å²) in [6.07, 6.45) is 2.20. The topological polar surface area (TPSA) is 27.7 Å². The predicted molar refractivity (Wildman–Crippen MR) is 50.3 cm³/mol. The van der Waals surface area contributed by atoms with E-state index in [0.29, 0.717) is 0 Å². The second-order valence-electron chi connectivity index (χ2n) is 3.94. The number of ether oxygens (including phenoxy) is 3. The van der Waals surface area contributed by atoms with Gasteiger partial charge in [0.2, 0.25) is 0 Å². The van der Waals surface area contributed by atoms with Gasteiger partial charge in [-0.25, -0.2) is 0 Å². The Kier molecular flexibility index (Phi) is 4.16. The van der Waals surface area contributed by atoms with E-state index >= 15 is 0 Å². The summed E-state index contributed by atoms with van der Waals surface area (Å²) in [5.74, 6) is 0. The molecule has 0 amide bonds. The van der Waals surface area contributed by atoms with E-state index in [9.17, 15) is 0 Å². The Balaban J connectivity index is 2.20. The van der Waals surface area contributed by atoms with Gasteiger partial charge < -0.3 is 14.2 Å². The summed E-state index contributed by atoms with van der Waals surface area (Å²) in [5, 5.41) is 0. The summed E-state index contributed by atoms with van der Waals surface area (Å²) in [6.45, 7) is 8.06. The minimum Gasteiger partial charge on any atom is -0.350 e. The SMILES string of the molecule is CC(C)OC1CCC(OC(C)C)O1. The number of rotatable bonds is 4.